The van der Waals surface area contributed by atoms with Crippen molar-refractivity contribution in [3.63, 3.8) is 0 Å². The molecule has 0 spiro atoms. The smallest absolute Gasteiger partial charge is 0.228 e. The van der Waals surface area contributed by atoms with Crippen LogP contribution in [0.2, 0.25) is 0 Å². The zero-order chi connectivity index (χ0) is 18.8. The van der Waals surface area contributed by atoms with Gasteiger partial charge in [0.25, 0.3) is 0 Å². The molecule has 4 rings (SSSR count). The Morgan fingerprint density at radius 2 is 1.93 bits per heavy atom. The highest BCUT2D eigenvalue weighted by Gasteiger charge is 2.38. The van der Waals surface area contributed by atoms with E-state index in [-0.39, 0.29) is 24.2 Å². The molecule has 2 amide bonds. The van der Waals surface area contributed by atoms with Gasteiger partial charge in [0, 0.05) is 24.9 Å². The van der Waals surface area contributed by atoms with Crippen LogP contribution >= 0.6 is 0 Å². The Morgan fingerprint density at radius 1 is 1.19 bits per heavy atom. The molecule has 2 N–H and O–H groups in total. The van der Waals surface area contributed by atoms with Gasteiger partial charge in [-0.15, -0.1) is 0 Å². The summed E-state index contributed by atoms with van der Waals surface area (Å²) in [6.45, 7) is 2.45. The molecule has 2 aliphatic carbocycles. The number of rotatable bonds is 6. The molecule has 6 nitrogen and oxygen atoms in total. The molecule has 0 unspecified atom stereocenters. The molecule has 144 valence electrons. The fourth-order valence-electron chi connectivity index (χ4n) is 4.15. The SMILES string of the molecule is C[C@@H]1C[C@H]1C(=O)NCCC(=O)Nc1nc2ccccc2n1C1CCCCC1. The van der Waals surface area contributed by atoms with Gasteiger partial charge < -0.3 is 9.88 Å². The van der Waals surface area contributed by atoms with Crippen LogP contribution in [0.15, 0.2) is 24.3 Å². The fraction of sp³-hybridized carbons (Fsp3) is 0.571. The van der Waals surface area contributed by atoms with E-state index in [2.05, 4.69) is 33.2 Å². The van der Waals surface area contributed by atoms with Gasteiger partial charge in [-0.05, 0) is 37.3 Å². The first-order valence-corrected chi connectivity index (χ1v) is 10.2. The van der Waals surface area contributed by atoms with E-state index < -0.39 is 0 Å². The van der Waals surface area contributed by atoms with Crippen LogP contribution in [0.1, 0.15) is 57.9 Å². The molecule has 2 aromatic rings. The van der Waals surface area contributed by atoms with E-state index in [1.807, 2.05) is 18.2 Å². The molecule has 0 radical (unpaired) electrons. The van der Waals surface area contributed by atoms with Crippen LogP contribution in [0.4, 0.5) is 5.95 Å². The molecule has 27 heavy (non-hydrogen) atoms. The molecular weight excluding hydrogens is 340 g/mol. The van der Waals surface area contributed by atoms with Crippen molar-refractivity contribution in [1.29, 1.82) is 0 Å². The molecule has 2 fully saturated rings. The summed E-state index contributed by atoms with van der Waals surface area (Å²) in [7, 11) is 0. The number of imidazole rings is 1. The summed E-state index contributed by atoms with van der Waals surface area (Å²) in [5.74, 6) is 1.23. The number of benzene rings is 1. The van der Waals surface area contributed by atoms with Crippen LogP contribution in [-0.2, 0) is 9.59 Å². The monoisotopic (exact) mass is 368 g/mol. The third kappa shape index (κ3) is 3.99. The third-order valence-corrected chi connectivity index (χ3v) is 5.88. The van der Waals surface area contributed by atoms with Crippen molar-refractivity contribution in [3.05, 3.63) is 24.3 Å². The highest BCUT2D eigenvalue weighted by molar-refractivity contribution is 5.92. The number of amides is 2. The quantitative estimate of drug-likeness (QED) is 0.817. The van der Waals surface area contributed by atoms with Crippen molar-refractivity contribution in [2.24, 2.45) is 11.8 Å². The first-order chi connectivity index (χ1) is 13.1. The average molecular weight is 368 g/mol. The lowest BCUT2D eigenvalue weighted by Gasteiger charge is -2.25. The van der Waals surface area contributed by atoms with Gasteiger partial charge in [-0.2, -0.15) is 0 Å². The van der Waals surface area contributed by atoms with Crippen molar-refractivity contribution >= 4 is 28.8 Å². The van der Waals surface area contributed by atoms with Crippen LogP contribution in [0.3, 0.4) is 0 Å². The largest absolute Gasteiger partial charge is 0.355 e. The number of nitrogens with zero attached hydrogens (tertiary/aromatic N) is 2. The lowest BCUT2D eigenvalue weighted by atomic mass is 9.95. The number of anilines is 1. The molecule has 2 aliphatic rings. The number of nitrogens with one attached hydrogen (secondary N) is 2. The normalized spacial score (nSPS) is 22.6. The van der Waals surface area contributed by atoms with Crippen molar-refractivity contribution in [2.45, 2.75) is 57.9 Å². The van der Waals surface area contributed by atoms with E-state index >= 15 is 0 Å². The van der Waals surface area contributed by atoms with E-state index in [0.29, 0.717) is 24.5 Å². The highest BCUT2D eigenvalue weighted by Crippen LogP contribution is 2.37. The Kier molecular flexibility index (Phi) is 5.14. The number of para-hydroxylation sites is 2. The number of aromatic nitrogens is 2. The Labute approximate surface area is 159 Å². The van der Waals surface area contributed by atoms with Gasteiger partial charge in [-0.3, -0.25) is 14.9 Å². The van der Waals surface area contributed by atoms with Crippen LogP contribution in [0, 0.1) is 11.8 Å². The van der Waals surface area contributed by atoms with Gasteiger partial charge >= 0.3 is 0 Å². The number of fused-ring (bicyclic) bond motifs is 1. The van der Waals surface area contributed by atoms with Gasteiger partial charge in [0.05, 0.1) is 11.0 Å². The average Bonchev–Trinajstić information content (AvgIpc) is 3.30. The van der Waals surface area contributed by atoms with Gasteiger partial charge in [-0.25, -0.2) is 4.98 Å². The second-order valence-electron chi connectivity index (χ2n) is 7.99. The minimum atomic E-state index is -0.105. The van der Waals surface area contributed by atoms with Crippen molar-refractivity contribution < 1.29 is 9.59 Å². The first kappa shape index (κ1) is 18.0. The van der Waals surface area contributed by atoms with Gasteiger partial charge in [0.2, 0.25) is 17.8 Å². The minimum Gasteiger partial charge on any atom is -0.355 e. The Hall–Kier alpha value is -2.37. The Bertz CT molecular complexity index is 838. The van der Waals surface area contributed by atoms with Crippen molar-refractivity contribution in [2.75, 3.05) is 11.9 Å². The summed E-state index contributed by atoms with van der Waals surface area (Å²) in [5, 5.41) is 5.86. The first-order valence-electron chi connectivity index (χ1n) is 10.2. The zero-order valence-corrected chi connectivity index (χ0v) is 15.9. The molecule has 0 bridgehead atoms. The predicted molar refractivity (Wildman–Crippen MR) is 105 cm³/mol. The topological polar surface area (TPSA) is 76.0 Å². The molecule has 0 saturated heterocycles. The van der Waals surface area contributed by atoms with Crippen molar-refractivity contribution in [1.82, 2.24) is 14.9 Å². The fourth-order valence-corrected chi connectivity index (χ4v) is 4.15. The summed E-state index contributed by atoms with van der Waals surface area (Å²) in [5.41, 5.74) is 1.99. The van der Waals surface area contributed by atoms with E-state index in [4.69, 9.17) is 0 Å². The Balaban J connectivity index is 1.42. The summed E-state index contributed by atoms with van der Waals surface area (Å²) in [4.78, 5) is 29.0. The standard InChI is InChI=1S/C21H28N4O2/c1-14-13-16(14)20(27)22-12-11-19(26)24-21-23-17-9-5-6-10-18(17)25(21)15-7-3-2-4-8-15/h5-6,9-10,14-16H,2-4,7-8,11-13H2,1H3,(H,22,27)(H,23,24,26)/t14-,16-/m1/s1. The van der Waals surface area contributed by atoms with Gasteiger partial charge in [0.15, 0.2) is 0 Å². The molecule has 1 aromatic carbocycles. The summed E-state index contributed by atoms with van der Waals surface area (Å²) in [6.07, 6.45) is 7.19. The van der Waals surface area contributed by atoms with Crippen LogP contribution in [-0.4, -0.2) is 27.9 Å². The number of carbonyl (C=O) groups is 2. The third-order valence-electron chi connectivity index (χ3n) is 5.88. The van der Waals surface area contributed by atoms with Crippen LogP contribution < -0.4 is 10.6 Å². The maximum Gasteiger partial charge on any atom is 0.228 e. The molecule has 6 heteroatoms. The number of hydrogen-bond donors (Lipinski definition) is 2. The second-order valence-corrected chi connectivity index (χ2v) is 7.99. The lowest BCUT2D eigenvalue weighted by molar-refractivity contribution is -0.122. The van der Waals surface area contributed by atoms with Crippen LogP contribution in [0.5, 0.6) is 0 Å². The molecule has 1 aromatic heterocycles. The minimum absolute atomic E-state index is 0.0738. The summed E-state index contributed by atoms with van der Waals surface area (Å²) in [6, 6.07) is 8.44. The maximum atomic E-state index is 12.4. The van der Waals surface area contributed by atoms with Crippen molar-refractivity contribution in [3.8, 4) is 0 Å². The predicted octanol–water partition coefficient (Wildman–Crippen LogP) is 3.64. The molecule has 0 aliphatic heterocycles. The molecular formula is C21H28N4O2. The van der Waals surface area contributed by atoms with Crippen LogP contribution in [0.25, 0.3) is 11.0 Å². The van der Waals surface area contributed by atoms with E-state index in [1.165, 1.54) is 19.3 Å². The molecule has 1 heterocycles. The number of carbonyl (C=O) groups excluding carboxylic acids is 2. The maximum absolute atomic E-state index is 12.4. The second kappa shape index (κ2) is 7.71. The Morgan fingerprint density at radius 3 is 2.67 bits per heavy atom. The zero-order valence-electron chi connectivity index (χ0n) is 15.9. The summed E-state index contributed by atoms with van der Waals surface area (Å²) >= 11 is 0. The van der Waals surface area contributed by atoms with E-state index in [1.54, 1.807) is 0 Å². The molecule has 2 atom stereocenters. The highest BCUT2D eigenvalue weighted by atomic mass is 16.2. The van der Waals surface area contributed by atoms with E-state index in [9.17, 15) is 9.59 Å². The van der Waals surface area contributed by atoms with Gasteiger partial charge in [-0.1, -0.05) is 38.3 Å². The van der Waals surface area contributed by atoms with E-state index in [0.717, 1.165) is 30.3 Å². The van der Waals surface area contributed by atoms with Gasteiger partial charge in [0.1, 0.15) is 0 Å². The molecule has 2 saturated carbocycles. The number of hydrogen-bond acceptors (Lipinski definition) is 3. The summed E-state index contributed by atoms with van der Waals surface area (Å²) < 4.78 is 2.21. The lowest BCUT2D eigenvalue weighted by Crippen LogP contribution is -2.29.